The Bertz CT molecular complexity index is 943. The minimum Gasteiger partial charge on any atom is -0.354 e. The van der Waals surface area contributed by atoms with E-state index in [4.69, 9.17) is 9.97 Å². The molecule has 26 heavy (non-hydrogen) atoms. The Labute approximate surface area is 152 Å². The highest BCUT2D eigenvalue weighted by molar-refractivity contribution is 5.91. The van der Waals surface area contributed by atoms with Gasteiger partial charge in [0.2, 0.25) is 5.91 Å². The number of benzene rings is 1. The molecule has 1 unspecified atom stereocenters. The molecule has 0 bridgehead atoms. The van der Waals surface area contributed by atoms with Gasteiger partial charge < -0.3 is 9.80 Å². The van der Waals surface area contributed by atoms with E-state index in [1.165, 1.54) is 0 Å². The van der Waals surface area contributed by atoms with Gasteiger partial charge in [0, 0.05) is 56.4 Å². The molecule has 1 fully saturated rings. The number of pyridine rings is 1. The summed E-state index contributed by atoms with van der Waals surface area (Å²) in [5.74, 6) is 1.69. The van der Waals surface area contributed by atoms with E-state index in [0.717, 1.165) is 41.8 Å². The number of para-hydroxylation sites is 1. The molecule has 0 spiro atoms. The summed E-state index contributed by atoms with van der Waals surface area (Å²) in [5.41, 5.74) is 1.80. The van der Waals surface area contributed by atoms with Crippen molar-refractivity contribution < 1.29 is 4.79 Å². The van der Waals surface area contributed by atoms with E-state index < -0.39 is 0 Å². The molecule has 132 valence electrons. The molecular weight excluding hydrogens is 326 g/mol. The highest BCUT2D eigenvalue weighted by Gasteiger charge is 2.29. The Morgan fingerprint density at radius 1 is 1.19 bits per heavy atom. The fourth-order valence-electron chi connectivity index (χ4n) is 3.47. The van der Waals surface area contributed by atoms with Gasteiger partial charge in [-0.25, -0.2) is 9.97 Å². The highest BCUT2D eigenvalue weighted by atomic mass is 16.2. The molecule has 0 saturated carbocycles. The van der Waals surface area contributed by atoms with E-state index in [1.807, 2.05) is 41.3 Å². The molecule has 1 aliphatic heterocycles. The summed E-state index contributed by atoms with van der Waals surface area (Å²) in [6, 6.07) is 12.1. The van der Waals surface area contributed by atoms with Crippen LogP contribution < -0.4 is 4.90 Å². The molecule has 2 aromatic heterocycles. The van der Waals surface area contributed by atoms with E-state index in [-0.39, 0.29) is 11.9 Å². The molecule has 6 nitrogen and oxygen atoms in total. The topological polar surface area (TPSA) is 62.2 Å². The Balaban J connectivity index is 1.77. The van der Waals surface area contributed by atoms with Crippen LogP contribution in [0.1, 0.15) is 13.3 Å². The molecule has 3 heterocycles. The second-order valence-electron chi connectivity index (χ2n) is 6.65. The number of fused-ring (bicyclic) bond motifs is 1. The van der Waals surface area contributed by atoms with Crippen LogP contribution >= 0.6 is 0 Å². The first-order valence-corrected chi connectivity index (χ1v) is 8.79. The van der Waals surface area contributed by atoms with Crippen LogP contribution in [-0.4, -0.2) is 51.9 Å². The van der Waals surface area contributed by atoms with Crippen molar-refractivity contribution in [2.24, 2.45) is 0 Å². The van der Waals surface area contributed by atoms with Gasteiger partial charge in [0.15, 0.2) is 5.82 Å². The molecule has 6 heteroatoms. The van der Waals surface area contributed by atoms with Crippen LogP contribution in [0, 0.1) is 0 Å². The first-order valence-electron chi connectivity index (χ1n) is 8.79. The summed E-state index contributed by atoms with van der Waals surface area (Å²) in [6.45, 7) is 3.15. The second-order valence-corrected chi connectivity index (χ2v) is 6.65. The summed E-state index contributed by atoms with van der Waals surface area (Å²) in [5, 5.41) is 1.02. The molecule has 1 atom stereocenters. The number of rotatable bonds is 3. The zero-order valence-corrected chi connectivity index (χ0v) is 15.0. The van der Waals surface area contributed by atoms with Gasteiger partial charge in [-0.2, -0.15) is 0 Å². The van der Waals surface area contributed by atoms with Gasteiger partial charge >= 0.3 is 0 Å². The molecule has 0 N–H and O–H groups in total. The summed E-state index contributed by atoms with van der Waals surface area (Å²) in [7, 11) is 2.05. The van der Waals surface area contributed by atoms with Crippen molar-refractivity contribution in [1.29, 1.82) is 0 Å². The number of carbonyl (C=O) groups excluding carboxylic acids is 1. The lowest BCUT2D eigenvalue weighted by atomic mass is 10.1. The summed E-state index contributed by atoms with van der Waals surface area (Å²) in [6.07, 6.45) is 4.46. The number of anilines is 1. The van der Waals surface area contributed by atoms with Crippen molar-refractivity contribution in [3.8, 4) is 11.4 Å². The van der Waals surface area contributed by atoms with E-state index in [0.29, 0.717) is 5.82 Å². The highest BCUT2D eigenvalue weighted by Crippen LogP contribution is 2.29. The molecule has 1 aromatic carbocycles. The van der Waals surface area contributed by atoms with Gasteiger partial charge in [-0.05, 0) is 30.7 Å². The lowest BCUT2D eigenvalue weighted by molar-refractivity contribution is -0.127. The Kier molecular flexibility index (Phi) is 4.24. The average Bonchev–Trinajstić information content (AvgIpc) is 3.18. The Morgan fingerprint density at radius 3 is 2.77 bits per heavy atom. The standard InChI is InChI=1S/C20H21N5O/c1-14(26)25-11-9-16(13-25)24(2)20-17-7-3-4-8-18(17)22-19(23-20)15-6-5-10-21-12-15/h3-8,10,12,16H,9,11,13H2,1-2H3. The number of hydrogen-bond donors (Lipinski definition) is 0. The van der Waals surface area contributed by atoms with Crippen LogP contribution in [0.5, 0.6) is 0 Å². The van der Waals surface area contributed by atoms with Crippen molar-refractivity contribution in [3.05, 3.63) is 48.8 Å². The van der Waals surface area contributed by atoms with Crippen molar-refractivity contribution in [1.82, 2.24) is 19.9 Å². The zero-order chi connectivity index (χ0) is 18.1. The minimum atomic E-state index is 0.129. The molecule has 1 saturated heterocycles. The van der Waals surface area contributed by atoms with Crippen LogP contribution in [0.15, 0.2) is 48.8 Å². The van der Waals surface area contributed by atoms with Gasteiger partial charge in [-0.3, -0.25) is 9.78 Å². The lowest BCUT2D eigenvalue weighted by Gasteiger charge is -2.27. The van der Waals surface area contributed by atoms with Crippen molar-refractivity contribution in [3.63, 3.8) is 0 Å². The van der Waals surface area contributed by atoms with E-state index in [9.17, 15) is 4.79 Å². The van der Waals surface area contributed by atoms with Gasteiger partial charge in [0.05, 0.1) is 5.52 Å². The molecule has 4 rings (SSSR count). The Morgan fingerprint density at radius 2 is 2.04 bits per heavy atom. The van der Waals surface area contributed by atoms with Crippen LogP contribution in [-0.2, 0) is 4.79 Å². The first kappa shape index (κ1) is 16.4. The van der Waals surface area contributed by atoms with Gasteiger partial charge in [-0.1, -0.05) is 12.1 Å². The maximum Gasteiger partial charge on any atom is 0.219 e. The SMILES string of the molecule is CC(=O)N1CCC(N(C)c2nc(-c3cccnc3)nc3ccccc23)C1. The largest absolute Gasteiger partial charge is 0.354 e. The number of amides is 1. The number of likely N-dealkylation sites (N-methyl/N-ethyl adjacent to an activating group) is 1. The van der Waals surface area contributed by atoms with Gasteiger partial charge in [0.25, 0.3) is 0 Å². The normalized spacial score (nSPS) is 16.8. The average molecular weight is 347 g/mol. The number of aromatic nitrogens is 3. The first-order chi connectivity index (χ1) is 12.6. The van der Waals surface area contributed by atoms with Crippen LogP contribution in [0.4, 0.5) is 5.82 Å². The maximum absolute atomic E-state index is 11.7. The molecular formula is C20H21N5O. The fraction of sp³-hybridized carbons (Fsp3) is 0.300. The summed E-state index contributed by atoms with van der Waals surface area (Å²) in [4.78, 5) is 29.5. The van der Waals surface area contributed by atoms with Crippen LogP contribution in [0.2, 0.25) is 0 Å². The monoisotopic (exact) mass is 347 g/mol. The summed E-state index contributed by atoms with van der Waals surface area (Å²) >= 11 is 0. The predicted octanol–water partition coefficient (Wildman–Crippen LogP) is 2.75. The van der Waals surface area contributed by atoms with Crippen LogP contribution in [0.3, 0.4) is 0 Å². The molecule has 3 aromatic rings. The van der Waals surface area contributed by atoms with E-state index >= 15 is 0 Å². The predicted molar refractivity (Wildman–Crippen MR) is 102 cm³/mol. The van der Waals surface area contributed by atoms with Crippen LogP contribution in [0.25, 0.3) is 22.3 Å². The Hall–Kier alpha value is -3.02. The maximum atomic E-state index is 11.7. The fourth-order valence-corrected chi connectivity index (χ4v) is 3.47. The number of hydrogen-bond acceptors (Lipinski definition) is 5. The van der Waals surface area contributed by atoms with Crippen molar-refractivity contribution >= 4 is 22.6 Å². The van der Waals surface area contributed by atoms with E-state index in [1.54, 1.807) is 19.3 Å². The molecule has 0 radical (unpaired) electrons. The second kappa shape index (κ2) is 6.71. The minimum absolute atomic E-state index is 0.129. The number of likely N-dealkylation sites (tertiary alicyclic amines) is 1. The summed E-state index contributed by atoms with van der Waals surface area (Å²) < 4.78 is 0. The van der Waals surface area contributed by atoms with Crippen molar-refractivity contribution in [2.45, 2.75) is 19.4 Å². The molecule has 1 amide bonds. The van der Waals surface area contributed by atoms with Crippen molar-refractivity contribution in [2.75, 3.05) is 25.0 Å². The number of carbonyl (C=O) groups is 1. The third-order valence-corrected chi connectivity index (χ3v) is 4.99. The molecule has 1 aliphatic rings. The third kappa shape index (κ3) is 2.98. The molecule has 0 aliphatic carbocycles. The third-order valence-electron chi connectivity index (χ3n) is 4.99. The lowest BCUT2D eigenvalue weighted by Crippen LogP contribution is -2.36. The van der Waals surface area contributed by atoms with E-state index in [2.05, 4.69) is 16.9 Å². The quantitative estimate of drug-likeness (QED) is 0.729. The smallest absolute Gasteiger partial charge is 0.219 e. The number of nitrogens with zero attached hydrogens (tertiary/aromatic N) is 5. The zero-order valence-electron chi connectivity index (χ0n) is 15.0. The van der Waals surface area contributed by atoms with Gasteiger partial charge in [0.1, 0.15) is 5.82 Å². The van der Waals surface area contributed by atoms with Gasteiger partial charge in [-0.15, -0.1) is 0 Å².